The lowest BCUT2D eigenvalue weighted by Gasteiger charge is -2.30. The Morgan fingerprint density at radius 1 is 1.19 bits per heavy atom. The van der Waals surface area contributed by atoms with Crippen LogP contribution < -0.4 is 10.6 Å². The standard InChI is InChI=1S/C16H14Br2N2O/c17-10-6-7-13(18)12(9-10)16(21)20-8-2-3-11-14(19)4-1-5-15(11)20/h1,4-7,9H,2-3,8,19H2. The highest BCUT2D eigenvalue weighted by Crippen LogP contribution is 2.33. The lowest BCUT2D eigenvalue weighted by Crippen LogP contribution is -2.36. The van der Waals surface area contributed by atoms with Gasteiger partial charge in [0, 0.05) is 26.9 Å². The first-order valence-corrected chi connectivity index (χ1v) is 8.31. The molecule has 0 saturated heterocycles. The lowest BCUT2D eigenvalue weighted by molar-refractivity contribution is 0.0984. The Kier molecular flexibility index (Phi) is 4.04. The zero-order valence-electron chi connectivity index (χ0n) is 11.3. The fourth-order valence-electron chi connectivity index (χ4n) is 2.67. The van der Waals surface area contributed by atoms with E-state index in [1.165, 1.54) is 0 Å². The van der Waals surface area contributed by atoms with E-state index >= 15 is 0 Å². The zero-order valence-corrected chi connectivity index (χ0v) is 14.4. The normalized spacial score (nSPS) is 13.9. The topological polar surface area (TPSA) is 46.3 Å². The molecule has 0 radical (unpaired) electrons. The molecule has 21 heavy (non-hydrogen) atoms. The molecule has 0 saturated carbocycles. The molecule has 2 aromatic carbocycles. The molecule has 0 atom stereocenters. The molecular weight excluding hydrogens is 396 g/mol. The van der Waals surface area contributed by atoms with Gasteiger partial charge in [-0.2, -0.15) is 0 Å². The maximum atomic E-state index is 12.9. The molecule has 0 aromatic heterocycles. The SMILES string of the molecule is Nc1cccc2c1CCCN2C(=O)c1cc(Br)ccc1Br. The summed E-state index contributed by atoms with van der Waals surface area (Å²) >= 11 is 6.88. The fraction of sp³-hybridized carbons (Fsp3) is 0.188. The van der Waals surface area contributed by atoms with Crippen molar-refractivity contribution in [3.8, 4) is 0 Å². The Morgan fingerprint density at radius 2 is 2.00 bits per heavy atom. The van der Waals surface area contributed by atoms with Crippen LogP contribution >= 0.6 is 31.9 Å². The molecule has 2 aromatic rings. The van der Waals surface area contributed by atoms with Gasteiger partial charge < -0.3 is 10.6 Å². The summed E-state index contributed by atoms with van der Waals surface area (Å²) in [5.74, 6) is -0.00488. The van der Waals surface area contributed by atoms with Crippen LogP contribution in [0, 0.1) is 0 Å². The second-order valence-corrected chi connectivity index (χ2v) is 6.80. The van der Waals surface area contributed by atoms with E-state index < -0.39 is 0 Å². The van der Waals surface area contributed by atoms with Crippen LogP contribution in [0.25, 0.3) is 0 Å². The summed E-state index contributed by atoms with van der Waals surface area (Å²) in [7, 11) is 0. The minimum Gasteiger partial charge on any atom is -0.398 e. The van der Waals surface area contributed by atoms with E-state index in [0.29, 0.717) is 12.1 Å². The summed E-state index contributed by atoms with van der Waals surface area (Å²) in [5.41, 5.74) is 9.46. The first kappa shape index (κ1) is 14.6. The van der Waals surface area contributed by atoms with Crippen LogP contribution in [-0.2, 0) is 6.42 Å². The van der Waals surface area contributed by atoms with Gasteiger partial charge in [0.25, 0.3) is 5.91 Å². The van der Waals surface area contributed by atoms with E-state index in [1.807, 2.05) is 41.3 Å². The third-order valence-electron chi connectivity index (χ3n) is 3.69. The van der Waals surface area contributed by atoms with Gasteiger partial charge in [-0.25, -0.2) is 0 Å². The van der Waals surface area contributed by atoms with Crippen molar-refractivity contribution in [2.24, 2.45) is 0 Å². The Morgan fingerprint density at radius 3 is 2.81 bits per heavy atom. The van der Waals surface area contributed by atoms with Crippen molar-refractivity contribution in [2.45, 2.75) is 12.8 Å². The summed E-state index contributed by atoms with van der Waals surface area (Å²) in [5, 5.41) is 0. The van der Waals surface area contributed by atoms with Crippen LogP contribution in [0.5, 0.6) is 0 Å². The number of carbonyl (C=O) groups is 1. The van der Waals surface area contributed by atoms with Gasteiger partial charge in [-0.1, -0.05) is 22.0 Å². The molecule has 3 rings (SSSR count). The van der Waals surface area contributed by atoms with Crippen LogP contribution in [0.3, 0.4) is 0 Å². The highest BCUT2D eigenvalue weighted by atomic mass is 79.9. The molecular formula is C16H14Br2N2O. The average molecular weight is 410 g/mol. The Labute approximate surface area is 140 Å². The molecule has 108 valence electrons. The van der Waals surface area contributed by atoms with Crippen molar-refractivity contribution in [1.82, 2.24) is 0 Å². The molecule has 1 aliphatic heterocycles. The third kappa shape index (κ3) is 2.72. The first-order valence-electron chi connectivity index (χ1n) is 6.72. The average Bonchev–Trinajstić information content (AvgIpc) is 2.49. The number of carbonyl (C=O) groups excluding carboxylic acids is 1. The van der Waals surface area contributed by atoms with Gasteiger partial charge in [0.05, 0.1) is 5.56 Å². The summed E-state index contributed by atoms with van der Waals surface area (Å²) in [6, 6.07) is 11.4. The Bertz CT molecular complexity index is 715. The number of hydrogen-bond acceptors (Lipinski definition) is 2. The number of nitrogens with two attached hydrogens (primary N) is 1. The highest BCUT2D eigenvalue weighted by molar-refractivity contribution is 9.11. The maximum Gasteiger partial charge on any atom is 0.259 e. The minimum absolute atomic E-state index is 0.00488. The van der Waals surface area contributed by atoms with Gasteiger partial charge in [0.2, 0.25) is 0 Å². The summed E-state index contributed by atoms with van der Waals surface area (Å²) in [6.07, 6.45) is 1.85. The predicted molar refractivity (Wildman–Crippen MR) is 92.7 cm³/mol. The van der Waals surface area contributed by atoms with Crippen molar-refractivity contribution in [2.75, 3.05) is 17.2 Å². The molecule has 0 fully saturated rings. The van der Waals surface area contributed by atoms with Crippen molar-refractivity contribution in [3.05, 3.63) is 56.5 Å². The van der Waals surface area contributed by atoms with Gasteiger partial charge in [-0.3, -0.25) is 4.79 Å². The summed E-state index contributed by atoms with van der Waals surface area (Å²) in [4.78, 5) is 14.7. The van der Waals surface area contributed by atoms with E-state index in [-0.39, 0.29) is 5.91 Å². The van der Waals surface area contributed by atoms with Gasteiger partial charge >= 0.3 is 0 Å². The number of rotatable bonds is 1. The molecule has 2 N–H and O–H groups in total. The summed E-state index contributed by atoms with van der Waals surface area (Å²) < 4.78 is 1.69. The minimum atomic E-state index is -0.00488. The third-order valence-corrected chi connectivity index (χ3v) is 4.88. The lowest BCUT2D eigenvalue weighted by atomic mass is 9.99. The molecule has 0 spiro atoms. The van der Waals surface area contributed by atoms with Crippen molar-refractivity contribution >= 4 is 49.1 Å². The van der Waals surface area contributed by atoms with E-state index in [2.05, 4.69) is 31.9 Å². The van der Waals surface area contributed by atoms with Gasteiger partial charge in [0.1, 0.15) is 0 Å². The molecule has 0 unspecified atom stereocenters. The smallest absolute Gasteiger partial charge is 0.259 e. The first-order chi connectivity index (χ1) is 10.1. The second-order valence-electron chi connectivity index (χ2n) is 5.03. The molecule has 1 heterocycles. The number of halogens is 2. The number of benzene rings is 2. The van der Waals surface area contributed by atoms with Gasteiger partial charge in [-0.15, -0.1) is 0 Å². The van der Waals surface area contributed by atoms with E-state index in [9.17, 15) is 4.79 Å². The number of anilines is 2. The molecule has 1 amide bonds. The van der Waals surface area contributed by atoms with Crippen molar-refractivity contribution in [1.29, 1.82) is 0 Å². The molecule has 5 heteroatoms. The van der Waals surface area contributed by atoms with Crippen LogP contribution in [-0.4, -0.2) is 12.5 Å². The Balaban J connectivity index is 2.04. The van der Waals surface area contributed by atoms with Gasteiger partial charge in [-0.05, 0) is 64.7 Å². The van der Waals surface area contributed by atoms with Crippen LogP contribution in [0.2, 0.25) is 0 Å². The number of nitrogen functional groups attached to an aromatic ring is 1. The number of fused-ring (bicyclic) bond motifs is 1. The fourth-order valence-corrected chi connectivity index (χ4v) is 3.45. The quantitative estimate of drug-likeness (QED) is 0.710. The molecule has 1 aliphatic rings. The number of nitrogens with zero attached hydrogens (tertiary/aromatic N) is 1. The molecule has 0 aliphatic carbocycles. The number of hydrogen-bond donors (Lipinski definition) is 1. The highest BCUT2D eigenvalue weighted by Gasteiger charge is 2.25. The van der Waals surface area contributed by atoms with E-state index in [4.69, 9.17) is 5.73 Å². The number of amides is 1. The van der Waals surface area contributed by atoms with E-state index in [1.54, 1.807) is 0 Å². The predicted octanol–water partition coefficient (Wildman–Crippen LogP) is 4.39. The van der Waals surface area contributed by atoms with Crippen LogP contribution in [0.4, 0.5) is 11.4 Å². The monoisotopic (exact) mass is 408 g/mol. The molecule has 3 nitrogen and oxygen atoms in total. The largest absolute Gasteiger partial charge is 0.398 e. The van der Waals surface area contributed by atoms with Crippen molar-refractivity contribution in [3.63, 3.8) is 0 Å². The molecule has 0 bridgehead atoms. The van der Waals surface area contributed by atoms with Crippen molar-refractivity contribution < 1.29 is 4.79 Å². The summed E-state index contributed by atoms with van der Waals surface area (Å²) in [6.45, 7) is 0.717. The second kappa shape index (κ2) is 5.81. The van der Waals surface area contributed by atoms with Gasteiger partial charge in [0.15, 0.2) is 0 Å². The van der Waals surface area contributed by atoms with E-state index in [0.717, 1.165) is 38.7 Å². The Hall–Kier alpha value is -1.33. The zero-order chi connectivity index (χ0) is 15.0. The maximum absolute atomic E-state index is 12.9. The van der Waals surface area contributed by atoms with Crippen LogP contribution in [0.1, 0.15) is 22.3 Å². The van der Waals surface area contributed by atoms with Crippen LogP contribution in [0.15, 0.2) is 45.3 Å².